The van der Waals surface area contributed by atoms with Crippen LogP contribution in [0.1, 0.15) is 47.4 Å². The Labute approximate surface area is 243 Å². The Kier molecular flexibility index (Phi) is 10.9. The van der Waals surface area contributed by atoms with Gasteiger partial charge in [-0.2, -0.15) is 0 Å². The third kappa shape index (κ3) is 8.93. The fraction of sp³-hybridized carbons (Fsp3) is 0.333. The first-order valence-electron chi connectivity index (χ1n) is 14.4. The molecule has 0 aliphatic carbocycles. The van der Waals surface area contributed by atoms with Gasteiger partial charge >= 0.3 is 0 Å². The fourth-order valence-corrected chi connectivity index (χ4v) is 4.50. The van der Waals surface area contributed by atoms with Crippen LogP contribution in [0.4, 0.5) is 17.3 Å². The maximum atomic E-state index is 12.6. The molecular weight excluding hydrogens is 510 g/mol. The van der Waals surface area contributed by atoms with Crippen molar-refractivity contribution in [2.45, 2.75) is 33.6 Å². The predicted molar refractivity (Wildman–Crippen MR) is 170 cm³/mol. The van der Waals surface area contributed by atoms with Gasteiger partial charge in [-0.25, -0.2) is 9.97 Å². The minimum absolute atomic E-state index is 0.147. The van der Waals surface area contributed by atoms with Gasteiger partial charge in [0.25, 0.3) is 5.91 Å². The number of aliphatic imine (C=N–C) groups is 1. The molecule has 0 saturated carbocycles. The summed E-state index contributed by atoms with van der Waals surface area (Å²) in [4.78, 5) is 30.8. The van der Waals surface area contributed by atoms with Crippen LogP contribution in [0.2, 0.25) is 0 Å². The van der Waals surface area contributed by atoms with Crippen molar-refractivity contribution < 1.29 is 4.79 Å². The molecule has 1 saturated heterocycles. The zero-order valence-corrected chi connectivity index (χ0v) is 24.6. The van der Waals surface area contributed by atoms with E-state index >= 15 is 0 Å². The summed E-state index contributed by atoms with van der Waals surface area (Å²) in [6.45, 7) is 12.5. The highest BCUT2D eigenvalue weighted by atomic mass is 16.1. The number of nitrogens with zero attached hydrogens (tertiary/aromatic N) is 5. The van der Waals surface area contributed by atoms with Crippen molar-refractivity contribution in [2.75, 3.05) is 50.4 Å². The van der Waals surface area contributed by atoms with Crippen LogP contribution in [-0.2, 0) is 6.42 Å². The molecule has 3 heterocycles. The van der Waals surface area contributed by atoms with Crippen molar-refractivity contribution in [3.63, 3.8) is 0 Å². The SMILES string of the molecule is CCN1CCN(C)CC1.CCc1ccc(NC(=O)c2ccc(C)cc2)cc1Nc1nccc(C2=CN=CCC=C2)n1. The molecule has 0 radical (unpaired) electrons. The summed E-state index contributed by atoms with van der Waals surface area (Å²) in [5.41, 5.74) is 6.12. The number of hydrogen-bond donors (Lipinski definition) is 2. The second-order valence-corrected chi connectivity index (χ2v) is 10.2. The van der Waals surface area contributed by atoms with Crippen molar-refractivity contribution in [1.29, 1.82) is 0 Å². The summed E-state index contributed by atoms with van der Waals surface area (Å²) in [6, 6.07) is 15.2. The highest BCUT2D eigenvalue weighted by Gasteiger charge is 2.11. The van der Waals surface area contributed by atoms with E-state index in [1.54, 1.807) is 12.4 Å². The maximum Gasteiger partial charge on any atom is 0.255 e. The minimum Gasteiger partial charge on any atom is -0.324 e. The van der Waals surface area contributed by atoms with Crippen molar-refractivity contribution in [3.8, 4) is 0 Å². The first-order chi connectivity index (χ1) is 19.9. The highest BCUT2D eigenvalue weighted by Crippen LogP contribution is 2.25. The van der Waals surface area contributed by atoms with E-state index in [0.717, 1.165) is 40.9 Å². The summed E-state index contributed by atoms with van der Waals surface area (Å²) in [6.07, 6.45) is 11.1. The molecule has 2 aliphatic rings. The van der Waals surface area contributed by atoms with Gasteiger partial charge in [-0.15, -0.1) is 0 Å². The van der Waals surface area contributed by atoms with Gasteiger partial charge < -0.3 is 20.4 Å². The number of carbonyl (C=O) groups excluding carboxylic acids is 1. The summed E-state index contributed by atoms with van der Waals surface area (Å²) in [5, 5.41) is 6.29. The fourth-order valence-electron chi connectivity index (χ4n) is 4.50. The smallest absolute Gasteiger partial charge is 0.255 e. The first kappa shape index (κ1) is 29.8. The molecule has 3 aromatic rings. The predicted octanol–water partition coefficient (Wildman–Crippen LogP) is 5.97. The number of allylic oxidation sites excluding steroid dienone is 3. The van der Waals surface area contributed by atoms with Gasteiger partial charge in [-0.05, 0) is 62.8 Å². The molecule has 2 aliphatic heterocycles. The first-order valence-corrected chi connectivity index (χ1v) is 14.4. The topological polar surface area (TPSA) is 85.8 Å². The average molecular weight is 552 g/mol. The molecule has 0 atom stereocenters. The number of benzene rings is 2. The lowest BCUT2D eigenvalue weighted by molar-refractivity contribution is 0.102. The van der Waals surface area contributed by atoms with E-state index in [1.807, 2.05) is 73.8 Å². The Morgan fingerprint density at radius 3 is 2.51 bits per heavy atom. The Morgan fingerprint density at radius 1 is 1.00 bits per heavy atom. The van der Waals surface area contributed by atoms with Crippen molar-refractivity contribution in [3.05, 3.63) is 95.5 Å². The van der Waals surface area contributed by atoms with E-state index < -0.39 is 0 Å². The molecule has 214 valence electrons. The normalized spacial score (nSPS) is 15.4. The number of likely N-dealkylation sites (N-methyl/N-ethyl adjacent to an activating group) is 2. The van der Waals surface area contributed by atoms with E-state index in [4.69, 9.17) is 0 Å². The number of hydrogen-bond acceptors (Lipinski definition) is 7. The molecular formula is C33H41N7O. The van der Waals surface area contributed by atoms with E-state index in [0.29, 0.717) is 17.2 Å². The molecule has 1 fully saturated rings. The van der Waals surface area contributed by atoms with Crippen LogP contribution >= 0.6 is 0 Å². The molecule has 0 unspecified atom stereocenters. The second-order valence-electron chi connectivity index (χ2n) is 10.2. The molecule has 5 rings (SSSR count). The number of anilines is 3. The monoisotopic (exact) mass is 551 g/mol. The van der Waals surface area contributed by atoms with Crippen molar-refractivity contribution in [1.82, 2.24) is 19.8 Å². The minimum atomic E-state index is -0.147. The zero-order chi connectivity index (χ0) is 29.0. The number of nitrogens with one attached hydrogen (secondary N) is 2. The molecule has 8 nitrogen and oxygen atoms in total. The van der Waals surface area contributed by atoms with Crippen molar-refractivity contribution >= 4 is 35.0 Å². The lowest BCUT2D eigenvalue weighted by Crippen LogP contribution is -2.44. The maximum absolute atomic E-state index is 12.6. The molecule has 0 spiro atoms. The van der Waals surface area contributed by atoms with Crippen molar-refractivity contribution in [2.24, 2.45) is 4.99 Å². The van der Waals surface area contributed by atoms with Crippen LogP contribution in [0.3, 0.4) is 0 Å². The number of carbonyl (C=O) groups is 1. The zero-order valence-electron chi connectivity index (χ0n) is 24.6. The second kappa shape index (κ2) is 15.0. The van der Waals surface area contributed by atoms with E-state index in [2.05, 4.69) is 56.3 Å². The average Bonchev–Trinajstić information content (AvgIpc) is 3.29. The molecule has 1 amide bonds. The third-order valence-electron chi connectivity index (χ3n) is 7.16. The Hall–Kier alpha value is -4.14. The quantitative estimate of drug-likeness (QED) is 0.376. The van der Waals surface area contributed by atoms with Gasteiger partial charge in [0.15, 0.2) is 0 Å². The van der Waals surface area contributed by atoms with Gasteiger partial charge in [-0.1, -0.05) is 49.8 Å². The Balaban J connectivity index is 0.000000367. The Morgan fingerprint density at radius 2 is 1.78 bits per heavy atom. The lowest BCUT2D eigenvalue weighted by Gasteiger charge is -2.31. The van der Waals surface area contributed by atoms with Gasteiger partial charge in [0.2, 0.25) is 5.95 Å². The summed E-state index contributed by atoms with van der Waals surface area (Å²) in [7, 11) is 2.19. The van der Waals surface area contributed by atoms with Crippen LogP contribution < -0.4 is 10.6 Å². The van der Waals surface area contributed by atoms with Crippen LogP contribution in [0.5, 0.6) is 0 Å². The molecule has 0 bridgehead atoms. The number of amides is 1. The number of rotatable bonds is 7. The molecule has 8 heteroatoms. The number of aryl methyl sites for hydroxylation is 2. The summed E-state index contributed by atoms with van der Waals surface area (Å²) >= 11 is 0. The molecule has 41 heavy (non-hydrogen) atoms. The molecule has 2 aromatic carbocycles. The number of piperazine rings is 1. The lowest BCUT2D eigenvalue weighted by atomic mass is 10.1. The number of aromatic nitrogens is 2. The van der Waals surface area contributed by atoms with Crippen LogP contribution in [-0.4, -0.2) is 71.7 Å². The standard InChI is InChI=1S/C26H25N5O.C7H16N2/c1-3-19-11-12-22(29-25(32)20-9-7-18(2)8-10-20)16-24(19)31-26-28-15-13-23(30-26)21-6-4-5-14-27-17-21;1-3-9-6-4-8(2)5-7-9/h4,6-17H,3,5H2,1-2H3,(H,29,32)(H,28,30,31);3-7H2,1-2H3. The highest BCUT2D eigenvalue weighted by molar-refractivity contribution is 6.04. The van der Waals surface area contributed by atoms with Gasteiger partial charge in [0.05, 0.1) is 5.69 Å². The van der Waals surface area contributed by atoms with E-state index in [1.165, 1.54) is 32.7 Å². The van der Waals surface area contributed by atoms with Gasteiger partial charge in [0.1, 0.15) is 0 Å². The summed E-state index contributed by atoms with van der Waals surface area (Å²) in [5.74, 6) is 0.341. The Bertz CT molecular complexity index is 1390. The van der Waals surface area contributed by atoms with Crippen LogP contribution in [0.25, 0.3) is 5.57 Å². The van der Waals surface area contributed by atoms with Crippen LogP contribution in [0.15, 0.2) is 78.1 Å². The van der Waals surface area contributed by atoms with Crippen LogP contribution in [0, 0.1) is 6.92 Å². The third-order valence-corrected chi connectivity index (χ3v) is 7.16. The van der Waals surface area contributed by atoms with Gasteiger partial charge in [0, 0.05) is 73.7 Å². The largest absolute Gasteiger partial charge is 0.324 e. The van der Waals surface area contributed by atoms with Gasteiger partial charge in [-0.3, -0.25) is 9.79 Å². The molecule has 2 N–H and O–H groups in total. The molecule has 1 aromatic heterocycles. The summed E-state index contributed by atoms with van der Waals surface area (Å²) < 4.78 is 0. The van der Waals surface area contributed by atoms with E-state index in [-0.39, 0.29) is 5.91 Å². The van der Waals surface area contributed by atoms with E-state index in [9.17, 15) is 4.79 Å².